The molecule has 0 fully saturated rings. The summed E-state index contributed by atoms with van der Waals surface area (Å²) in [5, 5.41) is 0. The first-order chi connectivity index (χ1) is 8.15. The van der Waals surface area contributed by atoms with Gasteiger partial charge in [-0.25, -0.2) is 0 Å². The standard InChI is InChI=1S/C12H25F.H3O3P/c1-2-3-4-5-6-7-8-9-10-11-12-13;1-4(2)3/h2-12H2,1H3;1-3H. The molecule has 106 valence electrons. The van der Waals surface area contributed by atoms with Crippen molar-refractivity contribution in [2.45, 2.75) is 71.1 Å². The van der Waals surface area contributed by atoms with Crippen molar-refractivity contribution in [1.82, 2.24) is 0 Å². The summed E-state index contributed by atoms with van der Waals surface area (Å²) in [6.07, 6.45) is 12.7. The van der Waals surface area contributed by atoms with E-state index in [0.29, 0.717) is 0 Å². The number of hydrogen-bond acceptors (Lipinski definition) is 3. The van der Waals surface area contributed by atoms with Crippen LogP contribution in [0.2, 0.25) is 0 Å². The highest BCUT2D eigenvalue weighted by Crippen LogP contribution is 2.11. The van der Waals surface area contributed by atoms with Crippen LogP contribution in [0, 0.1) is 0 Å². The predicted octanol–water partition coefficient (Wildman–Crippen LogP) is 4.07. The first-order valence-electron chi connectivity index (χ1n) is 6.57. The fourth-order valence-corrected chi connectivity index (χ4v) is 1.58. The first kappa shape index (κ1) is 19.6. The quantitative estimate of drug-likeness (QED) is 0.414. The molecule has 0 saturated heterocycles. The van der Waals surface area contributed by atoms with Crippen LogP contribution in [0.25, 0.3) is 0 Å². The van der Waals surface area contributed by atoms with Gasteiger partial charge in [-0.1, -0.05) is 64.7 Å². The molecule has 0 aliphatic carbocycles. The van der Waals surface area contributed by atoms with Crippen LogP contribution >= 0.6 is 8.60 Å². The van der Waals surface area contributed by atoms with Crippen LogP contribution in [-0.4, -0.2) is 21.4 Å². The Hall–Kier alpha value is 0.240. The fourth-order valence-electron chi connectivity index (χ4n) is 1.58. The Bertz CT molecular complexity index is 114. The van der Waals surface area contributed by atoms with Gasteiger partial charge in [0.15, 0.2) is 0 Å². The molecule has 0 heterocycles. The average molecular weight is 270 g/mol. The van der Waals surface area contributed by atoms with Crippen LogP contribution < -0.4 is 0 Å². The smallest absolute Gasteiger partial charge is 0.324 e. The van der Waals surface area contributed by atoms with Crippen molar-refractivity contribution in [2.75, 3.05) is 6.67 Å². The van der Waals surface area contributed by atoms with E-state index >= 15 is 0 Å². The van der Waals surface area contributed by atoms with E-state index in [9.17, 15) is 4.39 Å². The molecule has 0 aliphatic rings. The predicted molar refractivity (Wildman–Crippen MR) is 71.4 cm³/mol. The van der Waals surface area contributed by atoms with Crippen molar-refractivity contribution in [1.29, 1.82) is 0 Å². The summed E-state index contributed by atoms with van der Waals surface area (Å²) in [4.78, 5) is 21.7. The van der Waals surface area contributed by atoms with Gasteiger partial charge in [-0.15, -0.1) is 0 Å². The van der Waals surface area contributed by atoms with Crippen molar-refractivity contribution in [3.63, 3.8) is 0 Å². The zero-order valence-corrected chi connectivity index (χ0v) is 11.8. The third-order valence-corrected chi connectivity index (χ3v) is 2.49. The molecular weight excluding hydrogens is 242 g/mol. The van der Waals surface area contributed by atoms with Crippen molar-refractivity contribution in [3.8, 4) is 0 Å². The normalized spacial score (nSPS) is 10.2. The molecule has 0 rings (SSSR count). The summed E-state index contributed by atoms with van der Waals surface area (Å²) in [6, 6.07) is 0. The molecule has 0 saturated carbocycles. The lowest BCUT2D eigenvalue weighted by molar-refractivity contribution is 0.368. The van der Waals surface area contributed by atoms with Gasteiger partial charge in [-0.05, 0) is 6.42 Å². The zero-order valence-electron chi connectivity index (χ0n) is 10.9. The minimum absolute atomic E-state index is 0.128. The molecule has 3 N–H and O–H groups in total. The molecule has 0 aromatic heterocycles. The van der Waals surface area contributed by atoms with E-state index in [0.717, 1.165) is 12.8 Å². The van der Waals surface area contributed by atoms with Crippen molar-refractivity contribution >= 4 is 8.60 Å². The van der Waals surface area contributed by atoms with Gasteiger partial charge in [-0.2, -0.15) is 0 Å². The summed E-state index contributed by atoms with van der Waals surface area (Å²) in [7, 11) is -2.62. The van der Waals surface area contributed by atoms with E-state index in [2.05, 4.69) is 6.92 Å². The minimum atomic E-state index is -2.62. The molecule has 5 heteroatoms. The second-order valence-electron chi connectivity index (χ2n) is 4.14. The topological polar surface area (TPSA) is 60.7 Å². The molecule has 0 unspecified atom stereocenters. The summed E-state index contributed by atoms with van der Waals surface area (Å²) >= 11 is 0. The summed E-state index contributed by atoms with van der Waals surface area (Å²) in [5.74, 6) is 0. The highest BCUT2D eigenvalue weighted by atomic mass is 31.2. The van der Waals surface area contributed by atoms with Gasteiger partial charge in [0.2, 0.25) is 0 Å². The lowest BCUT2D eigenvalue weighted by Gasteiger charge is -2.00. The molecule has 0 spiro atoms. The van der Waals surface area contributed by atoms with Crippen LogP contribution in [0.4, 0.5) is 4.39 Å². The Morgan fingerprint density at radius 2 is 1.00 bits per heavy atom. The lowest BCUT2D eigenvalue weighted by atomic mass is 10.1. The van der Waals surface area contributed by atoms with Gasteiger partial charge in [0.1, 0.15) is 0 Å². The SMILES string of the molecule is CCCCCCCCCCCCF.OP(O)O. The Labute approximate surface area is 106 Å². The highest BCUT2D eigenvalue weighted by Gasteiger charge is 1.91. The van der Waals surface area contributed by atoms with Crippen LogP contribution in [-0.2, 0) is 0 Å². The summed E-state index contributed by atoms with van der Waals surface area (Å²) < 4.78 is 11.7. The van der Waals surface area contributed by atoms with Crippen LogP contribution in [0.15, 0.2) is 0 Å². The molecular formula is C12H28FO3P. The maximum atomic E-state index is 11.7. The third kappa shape index (κ3) is 31.4. The molecule has 0 aromatic carbocycles. The molecule has 0 atom stereocenters. The maximum absolute atomic E-state index is 11.7. The average Bonchev–Trinajstić information content (AvgIpc) is 2.26. The minimum Gasteiger partial charge on any atom is -0.328 e. The molecule has 0 amide bonds. The third-order valence-electron chi connectivity index (χ3n) is 2.49. The van der Waals surface area contributed by atoms with Crippen LogP contribution in [0.3, 0.4) is 0 Å². The molecule has 0 radical (unpaired) electrons. The van der Waals surface area contributed by atoms with E-state index in [4.69, 9.17) is 14.7 Å². The largest absolute Gasteiger partial charge is 0.328 e. The second-order valence-corrected chi connectivity index (χ2v) is 4.68. The molecule has 0 bridgehead atoms. The van der Waals surface area contributed by atoms with Crippen LogP contribution in [0.5, 0.6) is 0 Å². The number of hydrogen-bond donors (Lipinski definition) is 3. The first-order valence-corrected chi connectivity index (χ1v) is 7.77. The van der Waals surface area contributed by atoms with Gasteiger partial charge in [0.25, 0.3) is 0 Å². The Morgan fingerprint density at radius 1 is 0.706 bits per heavy atom. The van der Waals surface area contributed by atoms with Gasteiger partial charge in [-0.3, -0.25) is 4.39 Å². The van der Waals surface area contributed by atoms with Gasteiger partial charge < -0.3 is 14.7 Å². The zero-order chi connectivity index (χ0) is 13.4. The number of rotatable bonds is 10. The van der Waals surface area contributed by atoms with E-state index in [1.54, 1.807) is 0 Å². The van der Waals surface area contributed by atoms with Crippen molar-refractivity contribution in [2.24, 2.45) is 0 Å². The monoisotopic (exact) mass is 270 g/mol. The Kier molecular flexibility index (Phi) is 21.4. The van der Waals surface area contributed by atoms with Crippen LogP contribution in [0.1, 0.15) is 71.1 Å². The number of halogens is 1. The molecule has 3 nitrogen and oxygen atoms in total. The van der Waals surface area contributed by atoms with E-state index in [-0.39, 0.29) is 6.67 Å². The van der Waals surface area contributed by atoms with Gasteiger partial charge in [0.05, 0.1) is 6.67 Å². The van der Waals surface area contributed by atoms with Crippen molar-refractivity contribution < 1.29 is 19.1 Å². The number of alkyl halides is 1. The Morgan fingerprint density at radius 3 is 1.29 bits per heavy atom. The van der Waals surface area contributed by atoms with E-state index in [1.165, 1.54) is 51.4 Å². The van der Waals surface area contributed by atoms with Crippen molar-refractivity contribution in [3.05, 3.63) is 0 Å². The van der Waals surface area contributed by atoms with E-state index < -0.39 is 8.60 Å². The summed E-state index contributed by atoms with van der Waals surface area (Å²) in [6.45, 7) is 2.12. The van der Waals surface area contributed by atoms with Gasteiger partial charge in [0, 0.05) is 0 Å². The highest BCUT2D eigenvalue weighted by molar-refractivity contribution is 7.38. The lowest BCUT2D eigenvalue weighted by Crippen LogP contribution is -1.82. The summed E-state index contributed by atoms with van der Waals surface area (Å²) in [5.41, 5.74) is 0. The fraction of sp³-hybridized carbons (Fsp3) is 1.00. The molecule has 0 aromatic rings. The maximum Gasteiger partial charge on any atom is 0.324 e. The molecule has 0 aliphatic heterocycles. The van der Waals surface area contributed by atoms with E-state index in [1.807, 2.05) is 0 Å². The Balaban J connectivity index is 0. The van der Waals surface area contributed by atoms with Gasteiger partial charge >= 0.3 is 8.60 Å². The second kappa shape index (κ2) is 18.6. The molecule has 17 heavy (non-hydrogen) atoms. The number of unbranched alkanes of at least 4 members (excludes halogenated alkanes) is 9.